The molecule has 0 fully saturated rings. The molecule has 7 nitrogen and oxygen atoms in total. The maximum atomic E-state index is 12.7. The molecule has 1 unspecified atom stereocenters. The van der Waals surface area contributed by atoms with Gasteiger partial charge in [-0.25, -0.2) is 9.67 Å². The molecule has 1 N–H and O–H groups in total. The number of pyridine rings is 1. The van der Waals surface area contributed by atoms with E-state index in [-0.39, 0.29) is 11.9 Å². The summed E-state index contributed by atoms with van der Waals surface area (Å²) < 4.78 is 3.64. The Kier molecular flexibility index (Phi) is 4.51. The van der Waals surface area contributed by atoms with Gasteiger partial charge in [0.05, 0.1) is 17.9 Å². The van der Waals surface area contributed by atoms with Crippen molar-refractivity contribution in [3.63, 3.8) is 0 Å². The minimum atomic E-state index is -0.0839. The third-order valence-corrected chi connectivity index (χ3v) is 4.74. The van der Waals surface area contributed by atoms with Gasteiger partial charge in [0.25, 0.3) is 5.91 Å². The third-order valence-electron chi connectivity index (χ3n) is 4.74. The summed E-state index contributed by atoms with van der Waals surface area (Å²) in [6.45, 7) is 2.81. The molecule has 0 aromatic carbocycles. The number of rotatable bonds is 5. The fraction of sp³-hybridized carbons (Fsp3) is 0.368. The van der Waals surface area contributed by atoms with Gasteiger partial charge in [-0.05, 0) is 43.9 Å². The summed E-state index contributed by atoms with van der Waals surface area (Å²) in [5.41, 5.74) is 2.82. The molecule has 7 heteroatoms. The number of nitrogens with zero attached hydrogens (tertiary/aromatic N) is 5. The summed E-state index contributed by atoms with van der Waals surface area (Å²) in [6.07, 6.45) is 9.09. The normalized spacial score (nSPS) is 16.3. The Hall–Kier alpha value is -2.96. The van der Waals surface area contributed by atoms with Crippen molar-refractivity contribution in [1.82, 2.24) is 29.9 Å². The van der Waals surface area contributed by atoms with E-state index < -0.39 is 0 Å². The van der Waals surface area contributed by atoms with Crippen LogP contribution in [0.25, 0.3) is 5.82 Å². The Labute approximate surface area is 152 Å². The Morgan fingerprint density at radius 2 is 2.19 bits per heavy atom. The maximum Gasteiger partial charge on any atom is 0.270 e. The van der Waals surface area contributed by atoms with E-state index in [9.17, 15) is 4.79 Å². The summed E-state index contributed by atoms with van der Waals surface area (Å²) in [4.78, 5) is 17.1. The number of fused-ring (bicyclic) bond motifs is 1. The molecule has 3 aromatic rings. The lowest BCUT2D eigenvalue weighted by Crippen LogP contribution is -2.32. The number of amides is 1. The van der Waals surface area contributed by atoms with E-state index in [2.05, 4.69) is 27.4 Å². The summed E-state index contributed by atoms with van der Waals surface area (Å²) in [5.74, 6) is 0.723. The fourth-order valence-electron chi connectivity index (χ4n) is 3.53. The van der Waals surface area contributed by atoms with Crippen LogP contribution in [0.15, 0.2) is 42.9 Å². The molecule has 4 rings (SSSR count). The molecule has 0 saturated carbocycles. The number of aromatic nitrogens is 5. The molecule has 26 heavy (non-hydrogen) atoms. The second-order valence-corrected chi connectivity index (χ2v) is 6.50. The van der Waals surface area contributed by atoms with Crippen molar-refractivity contribution in [3.8, 4) is 5.82 Å². The molecule has 3 heterocycles. The first-order chi connectivity index (χ1) is 12.8. The van der Waals surface area contributed by atoms with E-state index in [0.29, 0.717) is 5.69 Å². The molecule has 1 aliphatic rings. The van der Waals surface area contributed by atoms with Gasteiger partial charge in [-0.3, -0.25) is 9.48 Å². The van der Waals surface area contributed by atoms with Crippen molar-refractivity contribution in [1.29, 1.82) is 0 Å². The highest BCUT2D eigenvalue weighted by Gasteiger charge is 2.27. The monoisotopic (exact) mass is 350 g/mol. The molecular formula is C19H22N6O. The topological polar surface area (TPSA) is 77.6 Å². The van der Waals surface area contributed by atoms with Gasteiger partial charge in [0.15, 0.2) is 5.82 Å². The van der Waals surface area contributed by atoms with Gasteiger partial charge in [-0.15, -0.1) is 0 Å². The van der Waals surface area contributed by atoms with Gasteiger partial charge < -0.3 is 5.32 Å². The fourth-order valence-corrected chi connectivity index (χ4v) is 3.53. The largest absolute Gasteiger partial charge is 0.344 e. The van der Waals surface area contributed by atoms with Gasteiger partial charge in [0.2, 0.25) is 0 Å². The van der Waals surface area contributed by atoms with Crippen LogP contribution >= 0.6 is 0 Å². The molecule has 1 amide bonds. The number of hydrogen-bond acceptors (Lipinski definition) is 4. The molecule has 0 bridgehead atoms. The first-order valence-electron chi connectivity index (χ1n) is 9.08. The van der Waals surface area contributed by atoms with E-state index in [1.807, 2.05) is 29.1 Å². The zero-order chi connectivity index (χ0) is 17.9. The number of carbonyl (C=O) groups excluding carboxylic acids is 1. The number of hydrogen-bond donors (Lipinski definition) is 1. The predicted octanol–water partition coefficient (Wildman–Crippen LogP) is 2.68. The first-order valence-corrected chi connectivity index (χ1v) is 9.08. The zero-order valence-corrected chi connectivity index (χ0v) is 14.8. The molecular weight excluding hydrogens is 328 g/mol. The van der Waals surface area contributed by atoms with Crippen LogP contribution in [-0.4, -0.2) is 30.5 Å². The number of carbonyl (C=O) groups is 1. The van der Waals surface area contributed by atoms with Gasteiger partial charge in [0, 0.05) is 24.5 Å². The summed E-state index contributed by atoms with van der Waals surface area (Å²) in [5, 5.41) is 11.9. The average Bonchev–Trinajstić information content (AvgIpc) is 3.30. The summed E-state index contributed by atoms with van der Waals surface area (Å²) in [7, 11) is 0. The summed E-state index contributed by atoms with van der Waals surface area (Å²) >= 11 is 0. The lowest BCUT2D eigenvalue weighted by Gasteiger charge is -2.24. The zero-order valence-electron chi connectivity index (χ0n) is 14.8. The van der Waals surface area contributed by atoms with Gasteiger partial charge >= 0.3 is 0 Å². The first kappa shape index (κ1) is 16.5. The molecule has 0 aliphatic heterocycles. The molecule has 0 spiro atoms. The summed E-state index contributed by atoms with van der Waals surface area (Å²) in [6, 6.07) is 7.52. The second-order valence-electron chi connectivity index (χ2n) is 6.50. The molecule has 134 valence electrons. The van der Waals surface area contributed by atoms with E-state index in [4.69, 9.17) is 0 Å². The lowest BCUT2D eigenvalue weighted by atomic mass is 9.93. The quantitative estimate of drug-likeness (QED) is 0.767. The Morgan fingerprint density at radius 3 is 3.00 bits per heavy atom. The van der Waals surface area contributed by atoms with E-state index in [1.165, 1.54) is 0 Å². The van der Waals surface area contributed by atoms with Crippen LogP contribution in [0.3, 0.4) is 0 Å². The van der Waals surface area contributed by atoms with Crippen molar-refractivity contribution in [2.24, 2.45) is 0 Å². The van der Waals surface area contributed by atoms with Crippen LogP contribution < -0.4 is 5.32 Å². The van der Waals surface area contributed by atoms with Gasteiger partial charge in [-0.2, -0.15) is 10.2 Å². The Bertz CT molecular complexity index is 898. The van der Waals surface area contributed by atoms with Gasteiger partial charge in [0.1, 0.15) is 5.69 Å². The van der Waals surface area contributed by atoms with Crippen LogP contribution in [0.2, 0.25) is 0 Å². The van der Waals surface area contributed by atoms with Crippen molar-refractivity contribution in [3.05, 3.63) is 59.8 Å². The minimum absolute atomic E-state index is 0.0336. The SMILES string of the molecule is CCCn1nccc1C(=O)NC1CCCc2c1cnn2-c1ccccn1. The molecule has 1 atom stereocenters. The van der Waals surface area contributed by atoms with Crippen LogP contribution in [0.1, 0.15) is 54.0 Å². The standard InChI is InChI=1S/C19H22N6O/c1-2-12-24-17(9-11-21-24)19(26)23-15-6-5-7-16-14(15)13-22-25(16)18-8-3-4-10-20-18/h3-4,8-11,13,15H,2,5-7,12H2,1H3,(H,23,26). The van der Waals surface area contributed by atoms with Gasteiger partial charge in [-0.1, -0.05) is 13.0 Å². The van der Waals surface area contributed by atoms with Crippen molar-refractivity contribution >= 4 is 5.91 Å². The molecule has 0 saturated heterocycles. The predicted molar refractivity (Wildman–Crippen MR) is 97.0 cm³/mol. The van der Waals surface area contributed by atoms with Crippen LogP contribution in [0, 0.1) is 0 Å². The molecule has 3 aromatic heterocycles. The van der Waals surface area contributed by atoms with E-state index in [1.54, 1.807) is 23.1 Å². The van der Waals surface area contributed by atoms with Crippen molar-refractivity contribution in [2.75, 3.05) is 0 Å². The van der Waals surface area contributed by atoms with Crippen LogP contribution in [0.4, 0.5) is 0 Å². The smallest absolute Gasteiger partial charge is 0.270 e. The highest BCUT2D eigenvalue weighted by molar-refractivity contribution is 5.92. The average molecular weight is 350 g/mol. The highest BCUT2D eigenvalue weighted by atomic mass is 16.2. The maximum absolute atomic E-state index is 12.7. The number of nitrogens with one attached hydrogen (secondary N) is 1. The van der Waals surface area contributed by atoms with Crippen molar-refractivity contribution in [2.45, 2.75) is 45.2 Å². The molecule has 1 aliphatic carbocycles. The Balaban J connectivity index is 1.58. The highest BCUT2D eigenvalue weighted by Crippen LogP contribution is 2.31. The van der Waals surface area contributed by atoms with E-state index >= 15 is 0 Å². The van der Waals surface area contributed by atoms with Crippen molar-refractivity contribution < 1.29 is 4.79 Å². The molecule has 0 radical (unpaired) electrons. The van der Waals surface area contributed by atoms with E-state index in [0.717, 1.165) is 49.3 Å². The lowest BCUT2D eigenvalue weighted by molar-refractivity contribution is 0.0921. The number of aryl methyl sites for hydroxylation is 1. The minimum Gasteiger partial charge on any atom is -0.344 e. The Morgan fingerprint density at radius 1 is 1.27 bits per heavy atom. The third kappa shape index (κ3) is 3.00. The van der Waals surface area contributed by atoms with Crippen LogP contribution in [-0.2, 0) is 13.0 Å². The second kappa shape index (κ2) is 7.11. The van der Waals surface area contributed by atoms with Crippen LogP contribution in [0.5, 0.6) is 0 Å².